The van der Waals surface area contributed by atoms with E-state index in [1.54, 1.807) is 0 Å². The summed E-state index contributed by atoms with van der Waals surface area (Å²) in [5, 5.41) is 16.5. The molecule has 0 heterocycles. The Balaban J connectivity index is 0. The zero-order valence-electron chi connectivity index (χ0n) is 4.30. The third-order valence-corrected chi connectivity index (χ3v) is 0.523. The van der Waals surface area contributed by atoms with Gasteiger partial charge < -0.3 is 10.2 Å². The Morgan fingerprint density at radius 1 is 1.50 bits per heavy atom. The van der Waals surface area contributed by atoms with Gasteiger partial charge in [-0.15, -0.1) is 0 Å². The van der Waals surface area contributed by atoms with Crippen molar-refractivity contribution in [3.8, 4) is 0 Å². The Hall–Kier alpha value is 1.00. The molecule has 0 saturated heterocycles. The van der Waals surface area contributed by atoms with Crippen LogP contribution in [0.1, 0.15) is 13.8 Å². The van der Waals surface area contributed by atoms with E-state index in [0.717, 1.165) is 0 Å². The molecule has 0 aromatic heterocycles. The molecule has 2 N–H and O–H groups in total. The van der Waals surface area contributed by atoms with Gasteiger partial charge in [-0.25, -0.2) is 4.79 Å². The molecule has 3 nitrogen and oxygen atoms in total. The van der Waals surface area contributed by atoms with E-state index >= 15 is 0 Å². The first-order chi connectivity index (χ1) is 2.94. The maximum absolute atomic E-state index is 9.77. The van der Waals surface area contributed by atoms with Crippen molar-refractivity contribution in [3.05, 3.63) is 0 Å². The number of aliphatic hydroxyl groups is 1. The molecule has 4 heteroatoms. The van der Waals surface area contributed by atoms with Gasteiger partial charge >= 0.3 is 54.9 Å². The molecule has 0 aliphatic rings. The summed E-state index contributed by atoms with van der Waals surface area (Å²) in [6, 6.07) is 0. The summed E-state index contributed by atoms with van der Waals surface area (Å²) in [5.74, 6) is -1.20. The van der Waals surface area contributed by atoms with Crippen molar-refractivity contribution in [2.75, 3.05) is 0 Å². The van der Waals surface area contributed by atoms with Crippen molar-refractivity contribution in [2.24, 2.45) is 0 Å². The molecule has 0 unspecified atom stereocenters. The van der Waals surface area contributed by atoms with Crippen LogP contribution in [-0.2, 0) is 4.79 Å². The maximum atomic E-state index is 9.77. The van der Waals surface area contributed by atoms with Gasteiger partial charge in [-0.1, -0.05) is 0 Å². The summed E-state index contributed by atoms with van der Waals surface area (Å²) in [6.45, 7) is 2.44. The van der Waals surface area contributed by atoms with Crippen LogP contribution in [-0.4, -0.2) is 70.7 Å². The fourth-order valence-corrected chi connectivity index (χ4v) is 0. The van der Waals surface area contributed by atoms with Crippen molar-refractivity contribution in [3.63, 3.8) is 0 Å². The molecule has 0 saturated carbocycles. The molecular formula is C4H10BaO3. The Kier molecular flexibility index (Phi) is 5.76. The van der Waals surface area contributed by atoms with Gasteiger partial charge in [0.2, 0.25) is 0 Å². The molecule has 0 aromatic carbocycles. The predicted molar refractivity (Wildman–Crippen MR) is 32.5 cm³/mol. The molecule has 0 rings (SSSR count). The molecule has 46 valence electrons. The molecule has 0 amide bonds. The molecule has 0 aliphatic carbocycles. The number of aliphatic carboxylic acids is 1. The van der Waals surface area contributed by atoms with E-state index in [1.807, 2.05) is 0 Å². The second kappa shape index (κ2) is 3.92. The van der Waals surface area contributed by atoms with Crippen LogP contribution in [0.5, 0.6) is 0 Å². The number of carboxylic acids is 1. The SMILES string of the molecule is CC(C)(O)C(=O)O.[BaH2]. The van der Waals surface area contributed by atoms with Gasteiger partial charge in [0.1, 0.15) is 0 Å². The third-order valence-electron chi connectivity index (χ3n) is 0.523. The van der Waals surface area contributed by atoms with E-state index < -0.39 is 11.6 Å². The van der Waals surface area contributed by atoms with Gasteiger partial charge in [0.15, 0.2) is 5.60 Å². The number of hydrogen-bond donors (Lipinski definition) is 2. The fraction of sp³-hybridized carbons (Fsp3) is 0.750. The van der Waals surface area contributed by atoms with Crippen LogP contribution in [0.15, 0.2) is 0 Å². The van der Waals surface area contributed by atoms with Crippen LogP contribution >= 0.6 is 0 Å². The van der Waals surface area contributed by atoms with Crippen LogP contribution in [0.2, 0.25) is 0 Å². The first-order valence-electron chi connectivity index (χ1n) is 1.90. The summed E-state index contributed by atoms with van der Waals surface area (Å²) >= 11 is 0. The zero-order valence-corrected chi connectivity index (χ0v) is 4.30. The average Bonchev–Trinajstić information content (AvgIpc) is 1.31. The molecule has 8 heavy (non-hydrogen) atoms. The standard InChI is InChI=1S/C4H8O3.Ba.2H/c1-4(2,7)3(5)6;;;/h7H,1-2H3,(H,5,6);;;. The van der Waals surface area contributed by atoms with Crippen molar-refractivity contribution in [2.45, 2.75) is 19.4 Å². The van der Waals surface area contributed by atoms with Crippen LogP contribution in [0.25, 0.3) is 0 Å². The topological polar surface area (TPSA) is 57.5 Å². The van der Waals surface area contributed by atoms with Crippen LogP contribution in [0, 0.1) is 0 Å². The second-order valence-corrected chi connectivity index (χ2v) is 1.86. The number of hydrogen-bond acceptors (Lipinski definition) is 2. The molecular weight excluding hydrogens is 233 g/mol. The van der Waals surface area contributed by atoms with E-state index in [4.69, 9.17) is 10.2 Å². The summed E-state index contributed by atoms with van der Waals surface area (Å²) in [7, 11) is 0. The van der Waals surface area contributed by atoms with Crippen molar-refractivity contribution >= 4 is 54.9 Å². The van der Waals surface area contributed by atoms with E-state index in [2.05, 4.69) is 0 Å². The third kappa shape index (κ3) is 5.14. The first kappa shape index (κ1) is 11.8. The first-order valence-corrected chi connectivity index (χ1v) is 1.90. The Bertz CT molecular complexity index is 83.8. The van der Waals surface area contributed by atoms with E-state index in [-0.39, 0.29) is 48.9 Å². The van der Waals surface area contributed by atoms with Crippen molar-refractivity contribution in [1.29, 1.82) is 0 Å². The average molecular weight is 243 g/mol. The number of carbonyl (C=O) groups is 1. The van der Waals surface area contributed by atoms with Crippen molar-refractivity contribution < 1.29 is 15.0 Å². The predicted octanol–water partition coefficient (Wildman–Crippen LogP) is -1.07. The minimum absolute atomic E-state index is 0. The quantitative estimate of drug-likeness (QED) is 0.577. The normalized spacial score (nSPS) is 9.88. The van der Waals surface area contributed by atoms with Gasteiger partial charge in [0.05, 0.1) is 0 Å². The molecule has 0 spiro atoms. The van der Waals surface area contributed by atoms with Gasteiger partial charge in [-0.05, 0) is 13.8 Å². The number of carboxylic acid groups (broad SMARTS) is 1. The Morgan fingerprint density at radius 2 is 1.62 bits per heavy atom. The fourth-order valence-electron chi connectivity index (χ4n) is 0. The Labute approximate surface area is 88.2 Å². The minimum atomic E-state index is -1.58. The zero-order chi connectivity index (χ0) is 6.08. The summed E-state index contributed by atoms with van der Waals surface area (Å²) in [4.78, 5) is 9.77. The summed E-state index contributed by atoms with van der Waals surface area (Å²) in [6.07, 6.45) is 0. The summed E-state index contributed by atoms with van der Waals surface area (Å²) in [5.41, 5.74) is -1.58. The van der Waals surface area contributed by atoms with Gasteiger partial charge in [-0.3, -0.25) is 0 Å². The van der Waals surface area contributed by atoms with Crippen LogP contribution < -0.4 is 0 Å². The van der Waals surface area contributed by atoms with Gasteiger partial charge in [-0.2, -0.15) is 0 Å². The van der Waals surface area contributed by atoms with Gasteiger partial charge in [0, 0.05) is 0 Å². The molecule has 0 bridgehead atoms. The molecule has 0 fully saturated rings. The van der Waals surface area contributed by atoms with E-state index in [0.29, 0.717) is 0 Å². The summed E-state index contributed by atoms with van der Waals surface area (Å²) < 4.78 is 0. The van der Waals surface area contributed by atoms with Crippen LogP contribution in [0.4, 0.5) is 0 Å². The number of rotatable bonds is 1. The van der Waals surface area contributed by atoms with E-state index in [9.17, 15) is 4.79 Å². The van der Waals surface area contributed by atoms with Crippen LogP contribution in [0.3, 0.4) is 0 Å². The molecule has 0 radical (unpaired) electrons. The molecule has 0 atom stereocenters. The molecule has 0 aromatic rings. The molecule has 0 aliphatic heterocycles. The van der Waals surface area contributed by atoms with E-state index in [1.165, 1.54) is 13.8 Å². The van der Waals surface area contributed by atoms with Crippen molar-refractivity contribution in [1.82, 2.24) is 0 Å². The van der Waals surface area contributed by atoms with Gasteiger partial charge in [0.25, 0.3) is 0 Å². The Morgan fingerprint density at radius 3 is 1.62 bits per heavy atom. The second-order valence-electron chi connectivity index (χ2n) is 1.86. The monoisotopic (exact) mass is 244 g/mol.